The molecule has 0 radical (unpaired) electrons. The average molecular weight is 429 g/mol. The van der Waals surface area contributed by atoms with Gasteiger partial charge in [-0.05, 0) is 49.4 Å². The molecule has 0 unspecified atom stereocenters. The minimum Gasteiger partial charge on any atom is -0.495 e. The number of furan rings is 1. The van der Waals surface area contributed by atoms with Gasteiger partial charge in [-0.3, -0.25) is 4.79 Å². The number of para-hydroxylation sites is 2. The predicted octanol–water partition coefficient (Wildman–Crippen LogP) is 4.54. The summed E-state index contributed by atoms with van der Waals surface area (Å²) in [5, 5.41) is 4.37. The number of hydrogen-bond acceptors (Lipinski definition) is 6. The number of nitrogens with one attached hydrogen (secondary N) is 1. The molecule has 0 saturated heterocycles. The Bertz CT molecular complexity index is 1030. The molecule has 1 amide bonds. The Morgan fingerprint density at radius 2 is 1.87 bits per heavy atom. The molecule has 0 saturated carbocycles. The number of halogens is 1. The lowest BCUT2D eigenvalue weighted by atomic mass is 10.2. The second-order valence-corrected chi connectivity index (χ2v) is 6.42. The van der Waals surface area contributed by atoms with E-state index in [1.165, 1.54) is 6.21 Å². The molecule has 0 fully saturated rings. The molecule has 1 heterocycles. The molecule has 0 bridgehead atoms. The molecule has 0 aliphatic carbocycles. The normalized spacial score (nSPS) is 10.8. The summed E-state index contributed by atoms with van der Waals surface area (Å²) >= 11 is 6.15. The van der Waals surface area contributed by atoms with Crippen molar-refractivity contribution in [1.29, 1.82) is 0 Å². The molecule has 8 heteroatoms. The molecule has 0 spiro atoms. The van der Waals surface area contributed by atoms with Crippen molar-refractivity contribution in [3.63, 3.8) is 0 Å². The van der Waals surface area contributed by atoms with Crippen molar-refractivity contribution in [1.82, 2.24) is 5.43 Å². The van der Waals surface area contributed by atoms with E-state index in [4.69, 9.17) is 30.2 Å². The smallest absolute Gasteiger partial charge is 0.277 e. The first kappa shape index (κ1) is 21.3. The Morgan fingerprint density at radius 3 is 2.57 bits per heavy atom. The molecule has 1 N–H and O–H groups in total. The van der Waals surface area contributed by atoms with Gasteiger partial charge in [0.25, 0.3) is 5.91 Å². The van der Waals surface area contributed by atoms with Crippen LogP contribution in [0, 0.1) is 0 Å². The van der Waals surface area contributed by atoms with Crippen LogP contribution in [0.4, 0.5) is 0 Å². The number of hydrogen-bond donors (Lipinski definition) is 1. The van der Waals surface area contributed by atoms with Crippen LogP contribution in [-0.2, 0) is 4.79 Å². The van der Waals surface area contributed by atoms with E-state index in [-0.39, 0.29) is 6.61 Å². The first-order chi connectivity index (χ1) is 14.6. The van der Waals surface area contributed by atoms with E-state index in [9.17, 15) is 4.79 Å². The number of rotatable bonds is 9. The van der Waals surface area contributed by atoms with Crippen LogP contribution < -0.4 is 19.6 Å². The zero-order valence-electron chi connectivity index (χ0n) is 16.6. The van der Waals surface area contributed by atoms with Crippen LogP contribution >= 0.6 is 11.6 Å². The van der Waals surface area contributed by atoms with Gasteiger partial charge in [-0.2, -0.15) is 5.10 Å². The van der Waals surface area contributed by atoms with Gasteiger partial charge >= 0.3 is 0 Å². The van der Waals surface area contributed by atoms with E-state index in [0.29, 0.717) is 40.4 Å². The average Bonchev–Trinajstić information content (AvgIpc) is 3.22. The lowest BCUT2D eigenvalue weighted by molar-refractivity contribution is -0.123. The molecule has 2 aromatic carbocycles. The highest BCUT2D eigenvalue weighted by Gasteiger charge is 2.09. The van der Waals surface area contributed by atoms with Crippen LogP contribution in [0.5, 0.6) is 17.2 Å². The van der Waals surface area contributed by atoms with E-state index in [0.717, 1.165) is 5.56 Å². The maximum Gasteiger partial charge on any atom is 0.277 e. The quantitative estimate of drug-likeness (QED) is 0.399. The Morgan fingerprint density at radius 1 is 1.10 bits per heavy atom. The topological polar surface area (TPSA) is 82.3 Å². The fourth-order valence-corrected chi connectivity index (χ4v) is 2.84. The molecule has 3 rings (SSSR count). The molecule has 7 nitrogen and oxygen atoms in total. The number of amides is 1. The van der Waals surface area contributed by atoms with E-state index >= 15 is 0 Å². The third kappa shape index (κ3) is 5.55. The molecular formula is C22H21ClN2O5. The van der Waals surface area contributed by atoms with Gasteiger partial charge in [0.1, 0.15) is 17.3 Å². The van der Waals surface area contributed by atoms with E-state index < -0.39 is 5.91 Å². The van der Waals surface area contributed by atoms with Crippen molar-refractivity contribution in [2.24, 2.45) is 5.10 Å². The maximum atomic E-state index is 12.0. The summed E-state index contributed by atoms with van der Waals surface area (Å²) in [7, 11) is 1.55. The van der Waals surface area contributed by atoms with Crippen molar-refractivity contribution < 1.29 is 23.4 Å². The third-order valence-corrected chi connectivity index (χ3v) is 4.25. The fourth-order valence-electron chi connectivity index (χ4n) is 2.58. The predicted molar refractivity (Wildman–Crippen MR) is 115 cm³/mol. The van der Waals surface area contributed by atoms with Gasteiger partial charge in [0.2, 0.25) is 0 Å². The highest BCUT2D eigenvalue weighted by Crippen LogP contribution is 2.31. The summed E-state index contributed by atoms with van der Waals surface area (Å²) in [4.78, 5) is 12.0. The standard InChI is InChI=1S/C22H21ClN2O5/c1-3-28-20-6-4-5-7-21(20)29-14-22(26)25-24-13-16-9-11-18(30-16)15-8-10-19(27-2)17(23)12-15/h4-13H,3,14H2,1-2H3,(H,25,26). The van der Waals surface area contributed by atoms with Crippen molar-refractivity contribution in [3.05, 3.63) is 65.4 Å². The Kier molecular flexibility index (Phi) is 7.34. The monoisotopic (exact) mass is 428 g/mol. The van der Waals surface area contributed by atoms with Gasteiger partial charge in [0.05, 0.1) is 25.0 Å². The van der Waals surface area contributed by atoms with Crippen LogP contribution in [0.1, 0.15) is 12.7 Å². The number of nitrogens with zero attached hydrogens (tertiary/aromatic N) is 1. The van der Waals surface area contributed by atoms with Crippen molar-refractivity contribution in [2.75, 3.05) is 20.3 Å². The third-order valence-electron chi connectivity index (χ3n) is 3.95. The van der Waals surface area contributed by atoms with Crippen LogP contribution in [0.15, 0.2) is 64.1 Å². The van der Waals surface area contributed by atoms with E-state index in [1.807, 2.05) is 19.1 Å². The van der Waals surface area contributed by atoms with Crippen LogP contribution in [0.2, 0.25) is 5.02 Å². The largest absolute Gasteiger partial charge is 0.495 e. The summed E-state index contributed by atoms with van der Waals surface area (Å²) in [6.07, 6.45) is 1.40. The Labute approximate surface area is 179 Å². The van der Waals surface area contributed by atoms with Gasteiger partial charge in [-0.1, -0.05) is 23.7 Å². The molecule has 0 aliphatic rings. The van der Waals surface area contributed by atoms with Crippen molar-refractivity contribution >= 4 is 23.7 Å². The summed E-state index contributed by atoms with van der Waals surface area (Å²) < 4.78 is 21.8. The summed E-state index contributed by atoms with van der Waals surface area (Å²) in [6, 6.07) is 16.0. The summed E-state index contributed by atoms with van der Waals surface area (Å²) in [5.41, 5.74) is 3.19. The molecule has 156 valence electrons. The second kappa shape index (κ2) is 10.4. The summed E-state index contributed by atoms with van der Waals surface area (Å²) in [6.45, 7) is 2.18. The molecule has 0 aliphatic heterocycles. The zero-order valence-corrected chi connectivity index (χ0v) is 17.3. The summed E-state index contributed by atoms with van der Waals surface area (Å²) in [5.74, 6) is 2.34. The molecular weight excluding hydrogens is 408 g/mol. The number of ether oxygens (including phenoxy) is 3. The van der Waals surface area contributed by atoms with Crippen molar-refractivity contribution in [2.45, 2.75) is 6.92 Å². The van der Waals surface area contributed by atoms with Crippen LogP contribution in [0.25, 0.3) is 11.3 Å². The van der Waals surface area contributed by atoms with Gasteiger partial charge in [0.15, 0.2) is 18.1 Å². The van der Waals surface area contributed by atoms with Crippen LogP contribution in [-0.4, -0.2) is 32.4 Å². The highest BCUT2D eigenvalue weighted by atomic mass is 35.5. The molecule has 30 heavy (non-hydrogen) atoms. The lowest BCUT2D eigenvalue weighted by Gasteiger charge is -2.10. The number of benzene rings is 2. The SMILES string of the molecule is CCOc1ccccc1OCC(=O)NN=Cc1ccc(-c2ccc(OC)c(Cl)c2)o1. The first-order valence-electron chi connectivity index (χ1n) is 9.21. The second-order valence-electron chi connectivity index (χ2n) is 6.01. The Hall–Kier alpha value is -3.45. The molecule has 3 aromatic rings. The molecule has 1 aromatic heterocycles. The van der Waals surface area contributed by atoms with Gasteiger partial charge in [-0.15, -0.1) is 0 Å². The number of carbonyl (C=O) groups is 1. The number of carbonyl (C=O) groups excluding carboxylic acids is 1. The van der Waals surface area contributed by atoms with Gasteiger partial charge in [-0.25, -0.2) is 5.43 Å². The van der Waals surface area contributed by atoms with E-state index in [2.05, 4.69) is 10.5 Å². The maximum absolute atomic E-state index is 12.0. The molecule has 0 atom stereocenters. The van der Waals surface area contributed by atoms with E-state index in [1.54, 1.807) is 49.6 Å². The van der Waals surface area contributed by atoms with Crippen molar-refractivity contribution in [3.8, 4) is 28.6 Å². The minimum atomic E-state index is -0.411. The highest BCUT2D eigenvalue weighted by molar-refractivity contribution is 6.32. The minimum absolute atomic E-state index is 0.199. The number of methoxy groups -OCH3 is 1. The zero-order chi connectivity index (χ0) is 21.3. The van der Waals surface area contributed by atoms with Crippen LogP contribution in [0.3, 0.4) is 0 Å². The van der Waals surface area contributed by atoms with Gasteiger partial charge in [0, 0.05) is 5.56 Å². The fraction of sp³-hybridized carbons (Fsp3) is 0.182. The van der Waals surface area contributed by atoms with Gasteiger partial charge < -0.3 is 18.6 Å². The number of hydrazone groups is 1. The lowest BCUT2D eigenvalue weighted by Crippen LogP contribution is -2.24. The Balaban J connectivity index is 1.53. The first-order valence-corrected chi connectivity index (χ1v) is 9.58.